The number of rotatable bonds is 3. The highest BCUT2D eigenvalue weighted by atomic mass is 32.2. The second-order valence-corrected chi connectivity index (χ2v) is 6.02. The number of methoxy groups -OCH3 is 1. The van der Waals surface area contributed by atoms with Crippen molar-refractivity contribution in [3.05, 3.63) is 24.3 Å². The molecular formula is C12H17NO3S. The summed E-state index contributed by atoms with van der Waals surface area (Å²) in [5, 5.41) is 0. The highest BCUT2D eigenvalue weighted by molar-refractivity contribution is 7.89. The fourth-order valence-corrected chi connectivity index (χ4v) is 3.75. The van der Waals surface area contributed by atoms with Crippen molar-refractivity contribution in [2.24, 2.45) is 0 Å². The van der Waals surface area contributed by atoms with Gasteiger partial charge in [-0.3, -0.25) is 0 Å². The minimum atomic E-state index is -3.40. The first kappa shape index (κ1) is 12.4. The molecule has 0 unspecified atom stereocenters. The van der Waals surface area contributed by atoms with Gasteiger partial charge in [0.25, 0.3) is 0 Å². The summed E-state index contributed by atoms with van der Waals surface area (Å²) in [6, 6.07) is 6.77. The summed E-state index contributed by atoms with van der Waals surface area (Å²) in [6.45, 7) is 1.22. The SMILES string of the molecule is COc1ccccc1S(=O)(=O)N1CCCCC1. The molecule has 1 aliphatic heterocycles. The van der Waals surface area contributed by atoms with Crippen molar-refractivity contribution < 1.29 is 13.2 Å². The van der Waals surface area contributed by atoms with Gasteiger partial charge < -0.3 is 4.74 Å². The predicted molar refractivity (Wildman–Crippen MR) is 65.6 cm³/mol. The average Bonchev–Trinajstić information content (AvgIpc) is 2.39. The average molecular weight is 255 g/mol. The zero-order chi connectivity index (χ0) is 12.3. The summed E-state index contributed by atoms with van der Waals surface area (Å²) in [5.74, 6) is 0.415. The summed E-state index contributed by atoms with van der Waals surface area (Å²) in [6.07, 6.45) is 2.99. The van der Waals surface area contributed by atoms with E-state index in [2.05, 4.69) is 0 Å². The molecule has 1 aromatic carbocycles. The normalized spacial score (nSPS) is 17.9. The fourth-order valence-electron chi connectivity index (χ4n) is 2.08. The third kappa shape index (κ3) is 2.45. The van der Waals surface area contributed by atoms with E-state index >= 15 is 0 Å². The fraction of sp³-hybridized carbons (Fsp3) is 0.500. The zero-order valence-corrected chi connectivity index (χ0v) is 10.7. The van der Waals surface area contributed by atoms with Crippen LogP contribution in [0.1, 0.15) is 19.3 Å². The molecule has 0 N–H and O–H groups in total. The molecule has 94 valence electrons. The van der Waals surface area contributed by atoms with Crippen molar-refractivity contribution in [1.82, 2.24) is 4.31 Å². The number of para-hydroxylation sites is 1. The molecule has 1 saturated heterocycles. The predicted octanol–water partition coefficient (Wildman–Crippen LogP) is 1.87. The van der Waals surface area contributed by atoms with Crippen molar-refractivity contribution in [2.45, 2.75) is 24.2 Å². The van der Waals surface area contributed by atoms with Crippen LogP contribution in [-0.4, -0.2) is 32.9 Å². The quantitative estimate of drug-likeness (QED) is 0.828. The van der Waals surface area contributed by atoms with Gasteiger partial charge >= 0.3 is 0 Å². The van der Waals surface area contributed by atoms with Crippen LogP contribution in [0, 0.1) is 0 Å². The lowest BCUT2D eigenvalue weighted by molar-refractivity contribution is 0.343. The Hall–Kier alpha value is -1.07. The number of nitrogens with zero attached hydrogens (tertiary/aromatic N) is 1. The summed E-state index contributed by atoms with van der Waals surface area (Å²) < 4.78 is 31.5. The Labute approximate surface area is 102 Å². The van der Waals surface area contributed by atoms with Crippen LogP contribution in [0.25, 0.3) is 0 Å². The molecule has 0 bridgehead atoms. The van der Waals surface area contributed by atoms with Crippen molar-refractivity contribution in [2.75, 3.05) is 20.2 Å². The molecule has 0 atom stereocenters. The largest absolute Gasteiger partial charge is 0.495 e. The summed E-state index contributed by atoms with van der Waals surface area (Å²) in [5.41, 5.74) is 0. The number of piperidine rings is 1. The van der Waals surface area contributed by atoms with Gasteiger partial charge in [-0.2, -0.15) is 4.31 Å². The molecule has 0 spiro atoms. The van der Waals surface area contributed by atoms with E-state index in [1.807, 2.05) is 0 Å². The maximum Gasteiger partial charge on any atom is 0.246 e. The number of benzene rings is 1. The van der Waals surface area contributed by atoms with Crippen LogP contribution in [0.5, 0.6) is 5.75 Å². The molecule has 1 heterocycles. The van der Waals surface area contributed by atoms with Gasteiger partial charge in [-0.25, -0.2) is 8.42 Å². The van der Waals surface area contributed by atoms with E-state index in [4.69, 9.17) is 4.74 Å². The second-order valence-electron chi connectivity index (χ2n) is 4.12. The third-order valence-corrected chi connectivity index (χ3v) is 4.94. The molecule has 0 aliphatic carbocycles. The minimum Gasteiger partial charge on any atom is -0.495 e. The molecule has 1 fully saturated rings. The molecule has 2 rings (SSSR count). The van der Waals surface area contributed by atoms with E-state index in [1.54, 1.807) is 28.6 Å². The molecule has 1 aromatic rings. The van der Waals surface area contributed by atoms with Gasteiger partial charge in [-0.15, -0.1) is 0 Å². The van der Waals surface area contributed by atoms with Crippen LogP contribution in [0.3, 0.4) is 0 Å². The number of hydrogen-bond acceptors (Lipinski definition) is 3. The van der Waals surface area contributed by atoms with Crippen LogP contribution < -0.4 is 4.74 Å². The molecule has 17 heavy (non-hydrogen) atoms. The first-order valence-corrected chi connectivity index (χ1v) is 7.23. The molecular weight excluding hydrogens is 238 g/mol. The maximum atomic E-state index is 12.4. The molecule has 5 heteroatoms. The van der Waals surface area contributed by atoms with Crippen molar-refractivity contribution in [3.63, 3.8) is 0 Å². The standard InChI is InChI=1S/C12H17NO3S/c1-16-11-7-3-4-8-12(11)17(14,15)13-9-5-2-6-10-13/h3-4,7-8H,2,5-6,9-10H2,1H3. The Morgan fingerprint density at radius 1 is 1.12 bits per heavy atom. The van der Waals surface area contributed by atoms with Gasteiger partial charge in [0.2, 0.25) is 10.0 Å². The summed E-state index contributed by atoms with van der Waals surface area (Å²) in [4.78, 5) is 0.268. The van der Waals surface area contributed by atoms with Crippen molar-refractivity contribution in [3.8, 4) is 5.75 Å². The van der Waals surface area contributed by atoms with Gasteiger partial charge in [0.1, 0.15) is 10.6 Å². The Balaban J connectivity index is 2.36. The smallest absolute Gasteiger partial charge is 0.246 e. The monoisotopic (exact) mass is 255 g/mol. The van der Waals surface area contributed by atoms with Gasteiger partial charge in [0.05, 0.1) is 7.11 Å². The first-order chi connectivity index (χ1) is 8.16. The van der Waals surface area contributed by atoms with Gasteiger partial charge in [0, 0.05) is 13.1 Å². The molecule has 0 aromatic heterocycles. The highest BCUT2D eigenvalue weighted by Gasteiger charge is 2.28. The Morgan fingerprint density at radius 3 is 2.41 bits per heavy atom. The van der Waals surface area contributed by atoms with Gasteiger partial charge in [-0.1, -0.05) is 18.6 Å². The van der Waals surface area contributed by atoms with E-state index in [0.717, 1.165) is 19.3 Å². The van der Waals surface area contributed by atoms with Gasteiger partial charge in [0.15, 0.2) is 0 Å². The lowest BCUT2D eigenvalue weighted by Crippen LogP contribution is -2.35. The van der Waals surface area contributed by atoms with E-state index in [0.29, 0.717) is 18.8 Å². The second kappa shape index (κ2) is 5.06. The lowest BCUT2D eigenvalue weighted by atomic mass is 10.2. The third-order valence-electron chi connectivity index (χ3n) is 3.00. The van der Waals surface area contributed by atoms with E-state index in [9.17, 15) is 8.42 Å². The van der Waals surface area contributed by atoms with Crippen molar-refractivity contribution in [1.29, 1.82) is 0 Å². The molecule has 1 aliphatic rings. The molecule has 0 radical (unpaired) electrons. The number of hydrogen-bond donors (Lipinski definition) is 0. The zero-order valence-electron chi connectivity index (χ0n) is 9.93. The Bertz CT molecular complexity index is 478. The van der Waals surface area contributed by atoms with E-state index < -0.39 is 10.0 Å². The Morgan fingerprint density at radius 2 is 1.76 bits per heavy atom. The summed E-state index contributed by atoms with van der Waals surface area (Å²) in [7, 11) is -1.91. The lowest BCUT2D eigenvalue weighted by Gasteiger charge is -2.26. The molecule has 0 amide bonds. The number of sulfonamides is 1. The maximum absolute atomic E-state index is 12.4. The number of ether oxygens (including phenoxy) is 1. The topological polar surface area (TPSA) is 46.6 Å². The van der Waals surface area contributed by atoms with Crippen LogP contribution in [0.4, 0.5) is 0 Å². The van der Waals surface area contributed by atoms with Gasteiger partial charge in [-0.05, 0) is 25.0 Å². The van der Waals surface area contributed by atoms with E-state index in [1.165, 1.54) is 7.11 Å². The first-order valence-electron chi connectivity index (χ1n) is 5.79. The van der Waals surface area contributed by atoms with Crippen LogP contribution in [0.2, 0.25) is 0 Å². The summed E-state index contributed by atoms with van der Waals surface area (Å²) >= 11 is 0. The molecule has 0 saturated carbocycles. The van der Waals surface area contributed by atoms with Crippen LogP contribution in [-0.2, 0) is 10.0 Å². The minimum absolute atomic E-state index is 0.268. The van der Waals surface area contributed by atoms with E-state index in [-0.39, 0.29) is 4.90 Å². The van der Waals surface area contributed by atoms with Crippen LogP contribution in [0.15, 0.2) is 29.2 Å². The van der Waals surface area contributed by atoms with Crippen LogP contribution >= 0.6 is 0 Å². The highest BCUT2D eigenvalue weighted by Crippen LogP contribution is 2.27. The Kier molecular flexibility index (Phi) is 3.69. The molecule has 4 nitrogen and oxygen atoms in total. The van der Waals surface area contributed by atoms with Crippen molar-refractivity contribution >= 4 is 10.0 Å².